The van der Waals surface area contributed by atoms with Gasteiger partial charge in [0.1, 0.15) is 5.60 Å². The standard InChI is InChI=1S/C26H44N2O4/c1-11-19(24(30)32-26(7,8)9)23(31-10)14-12-13-22(29)21-16-27-20(18(3)28-21)15-17(2)25(4,5)6/h15-16,19,22-23,29H,11-14H2,1-10H3/b17-15+/t19-,22?,23?/m0/s1. The van der Waals surface area contributed by atoms with E-state index in [4.69, 9.17) is 9.47 Å². The van der Waals surface area contributed by atoms with Gasteiger partial charge >= 0.3 is 5.97 Å². The van der Waals surface area contributed by atoms with Crippen LogP contribution >= 0.6 is 0 Å². The third-order valence-corrected chi connectivity index (χ3v) is 5.75. The number of ether oxygens (including phenoxy) is 2. The van der Waals surface area contributed by atoms with Crippen LogP contribution in [0.1, 0.15) is 104 Å². The maximum absolute atomic E-state index is 12.5. The molecule has 2 unspecified atom stereocenters. The van der Waals surface area contributed by atoms with E-state index >= 15 is 0 Å². The lowest BCUT2D eigenvalue weighted by atomic mass is 9.87. The SMILES string of the molecule is CC[C@H](C(=O)OC(C)(C)C)C(CCCC(O)c1cnc(/C=C(\C)C(C)(C)C)c(C)n1)OC. The molecule has 0 saturated carbocycles. The summed E-state index contributed by atoms with van der Waals surface area (Å²) in [5.41, 5.74) is 2.97. The number of nitrogens with zero attached hydrogens (tertiary/aromatic N) is 2. The number of aliphatic hydroxyl groups is 1. The first-order valence-corrected chi connectivity index (χ1v) is 11.7. The Morgan fingerprint density at radius 3 is 2.28 bits per heavy atom. The zero-order valence-corrected chi connectivity index (χ0v) is 21.8. The van der Waals surface area contributed by atoms with Gasteiger partial charge in [-0.2, -0.15) is 0 Å². The van der Waals surface area contributed by atoms with Crippen LogP contribution in [-0.4, -0.2) is 39.9 Å². The van der Waals surface area contributed by atoms with Gasteiger partial charge in [-0.3, -0.25) is 14.8 Å². The van der Waals surface area contributed by atoms with Gasteiger partial charge in [-0.05, 0) is 71.8 Å². The zero-order chi connectivity index (χ0) is 24.7. The van der Waals surface area contributed by atoms with Crippen molar-refractivity contribution in [1.29, 1.82) is 0 Å². The molecule has 1 aromatic rings. The molecule has 3 atom stereocenters. The van der Waals surface area contributed by atoms with E-state index in [1.165, 1.54) is 5.57 Å². The lowest BCUT2D eigenvalue weighted by Gasteiger charge is -2.28. The van der Waals surface area contributed by atoms with Crippen LogP contribution in [0, 0.1) is 18.3 Å². The fraction of sp³-hybridized carbons (Fsp3) is 0.731. The predicted molar refractivity (Wildman–Crippen MR) is 129 cm³/mol. The van der Waals surface area contributed by atoms with Gasteiger partial charge in [-0.15, -0.1) is 0 Å². The van der Waals surface area contributed by atoms with Crippen LogP contribution in [0.5, 0.6) is 0 Å². The fourth-order valence-corrected chi connectivity index (χ4v) is 3.34. The summed E-state index contributed by atoms with van der Waals surface area (Å²) < 4.78 is 11.2. The number of carbonyl (C=O) groups excluding carboxylic acids is 1. The lowest BCUT2D eigenvalue weighted by Crippen LogP contribution is -2.35. The minimum absolute atomic E-state index is 0.0693. The smallest absolute Gasteiger partial charge is 0.312 e. The van der Waals surface area contributed by atoms with Crippen molar-refractivity contribution >= 4 is 12.0 Å². The molecule has 0 aliphatic carbocycles. The maximum atomic E-state index is 12.5. The summed E-state index contributed by atoms with van der Waals surface area (Å²) in [5.74, 6) is -0.557. The number of allylic oxidation sites excluding steroid dienone is 1. The third kappa shape index (κ3) is 8.99. The Labute approximate surface area is 194 Å². The molecule has 0 spiro atoms. The van der Waals surface area contributed by atoms with Gasteiger partial charge in [0.05, 0.1) is 41.4 Å². The van der Waals surface area contributed by atoms with Gasteiger partial charge < -0.3 is 14.6 Å². The van der Waals surface area contributed by atoms with E-state index in [1.54, 1.807) is 13.3 Å². The molecule has 0 saturated heterocycles. The fourth-order valence-electron chi connectivity index (χ4n) is 3.34. The Morgan fingerprint density at radius 2 is 1.81 bits per heavy atom. The van der Waals surface area contributed by atoms with E-state index in [0.29, 0.717) is 31.4 Å². The average molecular weight is 449 g/mol. The molecule has 0 fully saturated rings. The third-order valence-electron chi connectivity index (χ3n) is 5.75. The van der Waals surface area contributed by atoms with Crippen molar-refractivity contribution in [1.82, 2.24) is 9.97 Å². The molecule has 0 aromatic carbocycles. The van der Waals surface area contributed by atoms with Crippen LogP contribution in [0.15, 0.2) is 11.8 Å². The molecule has 1 aromatic heterocycles. The number of carbonyl (C=O) groups is 1. The monoisotopic (exact) mass is 448 g/mol. The molecule has 32 heavy (non-hydrogen) atoms. The highest BCUT2D eigenvalue weighted by Gasteiger charge is 2.31. The molecule has 0 bridgehead atoms. The summed E-state index contributed by atoms with van der Waals surface area (Å²) in [6.07, 6.45) is 5.28. The number of esters is 1. The average Bonchev–Trinajstić information content (AvgIpc) is 2.66. The van der Waals surface area contributed by atoms with Crippen molar-refractivity contribution in [2.75, 3.05) is 7.11 Å². The van der Waals surface area contributed by atoms with Crippen molar-refractivity contribution < 1.29 is 19.4 Å². The minimum atomic E-state index is -0.706. The molecule has 1 heterocycles. The van der Waals surface area contributed by atoms with Crippen LogP contribution in [0.4, 0.5) is 0 Å². The van der Waals surface area contributed by atoms with Crippen LogP contribution in [-0.2, 0) is 14.3 Å². The maximum Gasteiger partial charge on any atom is 0.312 e. The highest BCUT2D eigenvalue weighted by molar-refractivity contribution is 5.73. The van der Waals surface area contributed by atoms with Crippen LogP contribution < -0.4 is 0 Å². The highest BCUT2D eigenvalue weighted by atomic mass is 16.6. The number of aromatic nitrogens is 2. The van der Waals surface area contributed by atoms with E-state index in [1.807, 2.05) is 34.6 Å². The van der Waals surface area contributed by atoms with Gasteiger partial charge in [0.15, 0.2) is 0 Å². The first-order valence-electron chi connectivity index (χ1n) is 11.7. The molecule has 0 aliphatic rings. The van der Waals surface area contributed by atoms with Gasteiger partial charge in [0.25, 0.3) is 0 Å². The van der Waals surface area contributed by atoms with Gasteiger partial charge in [-0.25, -0.2) is 0 Å². The minimum Gasteiger partial charge on any atom is -0.460 e. The Kier molecular flexibility index (Phi) is 10.5. The summed E-state index contributed by atoms with van der Waals surface area (Å²) in [7, 11) is 1.62. The molecule has 0 amide bonds. The predicted octanol–water partition coefficient (Wildman–Crippen LogP) is 5.82. The normalized spacial score (nSPS) is 15.9. The number of aliphatic hydroxyl groups excluding tert-OH is 1. The van der Waals surface area contributed by atoms with Crippen molar-refractivity contribution in [3.8, 4) is 0 Å². The molecule has 1 N–H and O–H groups in total. The Morgan fingerprint density at radius 1 is 1.19 bits per heavy atom. The molecular formula is C26H44N2O4. The molecule has 182 valence electrons. The first-order chi connectivity index (χ1) is 14.7. The quantitative estimate of drug-likeness (QED) is 0.454. The second-order valence-electron chi connectivity index (χ2n) is 10.6. The number of hydrogen-bond acceptors (Lipinski definition) is 6. The molecule has 1 rings (SSSR count). The largest absolute Gasteiger partial charge is 0.460 e. The first kappa shape index (κ1) is 28.2. The lowest BCUT2D eigenvalue weighted by molar-refractivity contribution is -0.165. The van der Waals surface area contributed by atoms with E-state index in [-0.39, 0.29) is 23.4 Å². The molecular weight excluding hydrogens is 404 g/mol. The highest BCUT2D eigenvalue weighted by Crippen LogP contribution is 2.28. The van der Waals surface area contributed by atoms with Crippen LogP contribution in [0.3, 0.4) is 0 Å². The number of methoxy groups -OCH3 is 1. The Hall–Kier alpha value is -1.79. The van der Waals surface area contributed by atoms with Crippen molar-refractivity contribution in [2.24, 2.45) is 11.3 Å². The van der Waals surface area contributed by atoms with E-state index < -0.39 is 11.7 Å². The van der Waals surface area contributed by atoms with Crippen molar-refractivity contribution in [2.45, 2.75) is 106 Å². The summed E-state index contributed by atoms with van der Waals surface area (Å²) in [6.45, 7) is 18.1. The number of hydrogen-bond donors (Lipinski definition) is 1. The zero-order valence-electron chi connectivity index (χ0n) is 21.8. The van der Waals surface area contributed by atoms with Crippen LogP contribution in [0.2, 0.25) is 0 Å². The van der Waals surface area contributed by atoms with E-state index in [2.05, 4.69) is 43.7 Å². The molecule has 0 aliphatic heterocycles. The van der Waals surface area contributed by atoms with E-state index in [9.17, 15) is 9.90 Å². The molecule has 6 heteroatoms. The van der Waals surface area contributed by atoms with E-state index in [0.717, 1.165) is 11.4 Å². The van der Waals surface area contributed by atoms with Crippen molar-refractivity contribution in [3.63, 3.8) is 0 Å². The van der Waals surface area contributed by atoms with Gasteiger partial charge in [0.2, 0.25) is 0 Å². The Balaban J connectivity index is 2.76. The van der Waals surface area contributed by atoms with Gasteiger partial charge in [-0.1, -0.05) is 33.3 Å². The number of aryl methyl sites for hydroxylation is 1. The van der Waals surface area contributed by atoms with Crippen LogP contribution in [0.25, 0.3) is 6.08 Å². The Bertz CT molecular complexity index is 775. The second-order valence-corrected chi connectivity index (χ2v) is 10.6. The summed E-state index contributed by atoms with van der Waals surface area (Å²) in [6, 6.07) is 0. The summed E-state index contributed by atoms with van der Waals surface area (Å²) >= 11 is 0. The van der Waals surface area contributed by atoms with Gasteiger partial charge in [0, 0.05) is 7.11 Å². The summed E-state index contributed by atoms with van der Waals surface area (Å²) in [5, 5.41) is 10.6. The molecule has 0 radical (unpaired) electrons. The van der Waals surface area contributed by atoms with Crippen molar-refractivity contribution in [3.05, 3.63) is 28.9 Å². The molecule has 6 nitrogen and oxygen atoms in total. The second kappa shape index (κ2) is 11.9. The topological polar surface area (TPSA) is 81.5 Å². The summed E-state index contributed by atoms with van der Waals surface area (Å²) in [4.78, 5) is 21.7. The number of rotatable bonds is 10.